The number of hydrogen-bond donors (Lipinski definition) is 1. The number of fused-ring (bicyclic) bond motifs is 1. The Morgan fingerprint density at radius 1 is 1.12 bits per heavy atom. The van der Waals surface area contributed by atoms with Crippen molar-refractivity contribution in [3.05, 3.63) is 0 Å². The largest absolute Gasteiger partial charge is 0.396 e. The third-order valence-corrected chi connectivity index (χ3v) is 4.77. The molecular weight excluding hydrogens is 200 g/mol. The first kappa shape index (κ1) is 11.0. The smallest absolute Gasteiger partial charge is 0.0499 e. The third kappa shape index (κ3) is 2.13. The van der Waals surface area contributed by atoms with Crippen molar-refractivity contribution in [2.45, 2.75) is 38.1 Å². The van der Waals surface area contributed by atoms with E-state index in [9.17, 15) is 5.11 Å². The van der Waals surface area contributed by atoms with E-state index >= 15 is 0 Å². The SMILES string of the molecule is OCC1(CN2CCN3CCCCC3C2)CC1. The summed E-state index contributed by atoms with van der Waals surface area (Å²) in [6.07, 6.45) is 6.70. The number of hydrogen-bond acceptors (Lipinski definition) is 3. The van der Waals surface area contributed by atoms with Crippen LogP contribution in [0.5, 0.6) is 0 Å². The highest BCUT2D eigenvalue weighted by atomic mass is 16.3. The molecule has 3 rings (SSSR count). The maximum absolute atomic E-state index is 9.38. The minimum Gasteiger partial charge on any atom is -0.396 e. The molecule has 0 aromatic carbocycles. The molecule has 1 N–H and O–H groups in total. The molecule has 3 aliphatic rings. The second kappa shape index (κ2) is 4.28. The molecule has 0 bridgehead atoms. The minimum absolute atomic E-state index is 0.302. The lowest BCUT2D eigenvalue weighted by Gasteiger charge is -2.44. The van der Waals surface area contributed by atoms with Crippen LogP contribution in [0.2, 0.25) is 0 Å². The molecule has 2 saturated heterocycles. The minimum atomic E-state index is 0.302. The third-order valence-electron chi connectivity index (χ3n) is 4.77. The van der Waals surface area contributed by atoms with Crippen LogP contribution in [-0.4, -0.2) is 60.3 Å². The van der Waals surface area contributed by atoms with Gasteiger partial charge in [-0.25, -0.2) is 0 Å². The van der Waals surface area contributed by atoms with Gasteiger partial charge < -0.3 is 5.11 Å². The Morgan fingerprint density at radius 3 is 2.75 bits per heavy atom. The number of piperidine rings is 1. The fourth-order valence-electron chi connectivity index (χ4n) is 3.38. The van der Waals surface area contributed by atoms with E-state index in [4.69, 9.17) is 0 Å². The van der Waals surface area contributed by atoms with Gasteiger partial charge in [0.15, 0.2) is 0 Å². The lowest BCUT2D eigenvalue weighted by molar-refractivity contribution is 0.0323. The standard InChI is InChI=1S/C13H24N2O/c16-11-13(4-5-13)10-14-7-8-15-6-2-1-3-12(15)9-14/h12,16H,1-11H2. The maximum atomic E-state index is 9.38. The van der Waals surface area contributed by atoms with E-state index in [1.807, 2.05) is 0 Å². The molecule has 2 aliphatic heterocycles. The highest BCUT2D eigenvalue weighted by Crippen LogP contribution is 2.45. The predicted octanol–water partition coefficient (Wildman–Crippen LogP) is 0.929. The summed E-state index contributed by atoms with van der Waals surface area (Å²) in [4.78, 5) is 5.29. The summed E-state index contributed by atoms with van der Waals surface area (Å²) >= 11 is 0. The van der Waals surface area contributed by atoms with Gasteiger partial charge in [0.1, 0.15) is 0 Å². The van der Waals surface area contributed by atoms with Gasteiger partial charge in [-0.15, -0.1) is 0 Å². The molecule has 2 heterocycles. The monoisotopic (exact) mass is 224 g/mol. The van der Waals surface area contributed by atoms with E-state index in [2.05, 4.69) is 9.80 Å². The lowest BCUT2D eigenvalue weighted by Crippen LogP contribution is -2.55. The molecule has 1 saturated carbocycles. The zero-order chi connectivity index (χ0) is 11.0. The van der Waals surface area contributed by atoms with Crippen LogP contribution in [0.25, 0.3) is 0 Å². The first-order valence-corrected chi connectivity index (χ1v) is 6.89. The van der Waals surface area contributed by atoms with Crippen molar-refractivity contribution < 1.29 is 5.11 Å². The van der Waals surface area contributed by atoms with Gasteiger partial charge in [-0.2, -0.15) is 0 Å². The molecule has 0 radical (unpaired) electrons. The number of aliphatic hydroxyl groups excluding tert-OH is 1. The first-order chi connectivity index (χ1) is 7.81. The molecule has 16 heavy (non-hydrogen) atoms. The molecule has 0 aromatic heterocycles. The molecule has 92 valence electrons. The zero-order valence-corrected chi connectivity index (χ0v) is 10.2. The van der Waals surface area contributed by atoms with E-state index in [1.165, 1.54) is 58.3 Å². The van der Waals surface area contributed by atoms with Crippen LogP contribution >= 0.6 is 0 Å². The lowest BCUT2D eigenvalue weighted by atomic mass is 9.98. The number of piperazine rings is 1. The summed E-state index contributed by atoms with van der Waals surface area (Å²) in [5, 5.41) is 9.38. The van der Waals surface area contributed by atoms with Gasteiger partial charge in [-0.1, -0.05) is 6.42 Å². The van der Waals surface area contributed by atoms with Crippen molar-refractivity contribution in [1.29, 1.82) is 0 Å². The van der Waals surface area contributed by atoms with Crippen LogP contribution in [0.15, 0.2) is 0 Å². The topological polar surface area (TPSA) is 26.7 Å². The van der Waals surface area contributed by atoms with Crippen molar-refractivity contribution in [2.24, 2.45) is 5.41 Å². The van der Waals surface area contributed by atoms with Crippen molar-refractivity contribution in [3.8, 4) is 0 Å². The Hall–Kier alpha value is -0.120. The Balaban J connectivity index is 1.54. The van der Waals surface area contributed by atoms with Crippen molar-refractivity contribution >= 4 is 0 Å². The summed E-state index contributed by atoms with van der Waals surface area (Å²) in [5.74, 6) is 0. The van der Waals surface area contributed by atoms with Crippen LogP contribution in [0.3, 0.4) is 0 Å². The Morgan fingerprint density at radius 2 is 2.00 bits per heavy atom. The van der Waals surface area contributed by atoms with Crippen molar-refractivity contribution in [2.75, 3.05) is 39.3 Å². The van der Waals surface area contributed by atoms with Gasteiger partial charge in [0.2, 0.25) is 0 Å². The van der Waals surface area contributed by atoms with E-state index in [0.29, 0.717) is 12.0 Å². The van der Waals surface area contributed by atoms with E-state index < -0.39 is 0 Å². The van der Waals surface area contributed by atoms with Crippen LogP contribution in [0.1, 0.15) is 32.1 Å². The molecule has 3 nitrogen and oxygen atoms in total. The number of rotatable bonds is 3. The number of nitrogens with zero attached hydrogens (tertiary/aromatic N) is 2. The van der Waals surface area contributed by atoms with E-state index in [-0.39, 0.29) is 0 Å². The van der Waals surface area contributed by atoms with E-state index in [1.54, 1.807) is 0 Å². The molecule has 0 aromatic rings. The van der Waals surface area contributed by atoms with Crippen LogP contribution < -0.4 is 0 Å². The molecule has 1 unspecified atom stereocenters. The highest BCUT2D eigenvalue weighted by Gasteiger charge is 2.44. The summed E-state index contributed by atoms with van der Waals surface area (Å²) in [7, 11) is 0. The average Bonchev–Trinajstić information content (AvgIpc) is 3.09. The number of aliphatic hydroxyl groups is 1. The van der Waals surface area contributed by atoms with E-state index in [0.717, 1.165) is 12.6 Å². The molecule has 0 spiro atoms. The van der Waals surface area contributed by atoms with Crippen molar-refractivity contribution in [3.63, 3.8) is 0 Å². The highest BCUT2D eigenvalue weighted by molar-refractivity contribution is 4.97. The summed E-state index contributed by atoms with van der Waals surface area (Å²) < 4.78 is 0. The summed E-state index contributed by atoms with van der Waals surface area (Å²) in [5.41, 5.74) is 0.302. The second-order valence-electron chi connectivity index (χ2n) is 6.08. The van der Waals surface area contributed by atoms with Gasteiger partial charge in [-0.3, -0.25) is 9.80 Å². The Kier molecular flexibility index (Phi) is 2.94. The fourth-order valence-corrected chi connectivity index (χ4v) is 3.38. The Labute approximate surface area is 98.4 Å². The molecular formula is C13H24N2O. The van der Waals surface area contributed by atoms with Crippen molar-refractivity contribution in [1.82, 2.24) is 9.80 Å². The van der Waals surface area contributed by atoms with Gasteiger partial charge in [0.05, 0.1) is 0 Å². The summed E-state index contributed by atoms with van der Waals surface area (Å²) in [6, 6.07) is 0.817. The molecule has 1 atom stereocenters. The van der Waals surface area contributed by atoms with Crippen LogP contribution in [-0.2, 0) is 0 Å². The molecule has 3 fully saturated rings. The molecule has 3 heteroatoms. The molecule has 1 aliphatic carbocycles. The van der Waals surface area contributed by atoms with Gasteiger partial charge in [-0.05, 0) is 32.2 Å². The van der Waals surface area contributed by atoms with Gasteiger partial charge >= 0.3 is 0 Å². The quantitative estimate of drug-likeness (QED) is 0.772. The Bertz CT molecular complexity index is 252. The zero-order valence-electron chi connectivity index (χ0n) is 10.2. The average molecular weight is 224 g/mol. The van der Waals surface area contributed by atoms with Crippen LogP contribution in [0.4, 0.5) is 0 Å². The normalized spacial score (nSPS) is 34.7. The first-order valence-electron chi connectivity index (χ1n) is 6.89. The van der Waals surface area contributed by atoms with Gasteiger partial charge in [0.25, 0.3) is 0 Å². The van der Waals surface area contributed by atoms with Gasteiger partial charge in [0, 0.05) is 44.2 Å². The fraction of sp³-hybridized carbons (Fsp3) is 1.00. The second-order valence-corrected chi connectivity index (χ2v) is 6.08. The molecule has 0 amide bonds. The summed E-state index contributed by atoms with van der Waals surface area (Å²) in [6.45, 7) is 6.60. The predicted molar refractivity (Wildman–Crippen MR) is 64.4 cm³/mol. The van der Waals surface area contributed by atoms with Crippen LogP contribution in [0, 0.1) is 5.41 Å². The maximum Gasteiger partial charge on any atom is 0.0499 e.